The van der Waals surface area contributed by atoms with Gasteiger partial charge in [0, 0.05) is 13.1 Å². The zero-order valence-electron chi connectivity index (χ0n) is 10.7. The maximum Gasteiger partial charge on any atom is 0.236 e. The van der Waals surface area contributed by atoms with Crippen LogP contribution in [0.4, 0.5) is 0 Å². The van der Waals surface area contributed by atoms with Crippen LogP contribution < -0.4 is 5.32 Å². The molecule has 0 saturated carbocycles. The Morgan fingerprint density at radius 2 is 1.87 bits per heavy atom. The number of nitrogens with zero attached hydrogens (tertiary/aromatic N) is 2. The third kappa shape index (κ3) is 7.33. The Balaban J connectivity index is 3.47. The number of carbonyl (C=O) groups excluding carboxylic acids is 1. The molecule has 4 heteroatoms. The fourth-order valence-corrected chi connectivity index (χ4v) is 1.13. The van der Waals surface area contributed by atoms with Gasteiger partial charge in [0.25, 0.3) is 0 Å². The summed E-state index contributed by atoms with van der Waals surface area (Å²) in [5, 5.41) is 3.16. The van der Waals surface area contributed by atoms with Gasteiger partial charge in [-0.1, -0.05) is 0 Å². The standard InChI is InChI=1S/C11H25N3O/c1-10(2)14(5)11(15)9-12-7-6-8-13(3)4/h10,12H,6-9H2,1-5H3. The Kier molecular flexibility index (Phi) is 7.34. The largest absolute Gasteiger partial charge is 0.342 e. The van der Waals surface area contributed by atoms with E-state index in [9.17, 15) is 4.79 Å². The number of amides is 1. The second-order valence-electron chi connectivity index (χ2n) is 4.43. The molecule has 0 aliphatic heterocycles. The van der Waals surface area contributed by atoms with Gasteiger partial charge in [0.2, 0.25) is 5.91 Å². The Morgan fingerprint density at radius 1 is 1.27 bits per heavy atom. The zero-order valence-corrected chi connectivity index (χ0v) is 10.7. The molecule has 1 amide bonds. The van der Waals surface area contributed by atoms with Crippen LogP contribution in [0.15, 0.2) is 0 Å². The molecule has 0 unspecified atom stereocenters. The number of rotatable bonds is 7. The number of hydrogen-bond acceptors (Lipinski definition) is 3. The van der Waals surface area contributed by atoms with Crippen molar-refractivity contribution >= 4 is 5.91 Å². The van der Waals surface area contributed by atoms with Crippen molar-refractivity contribution in [3.05, 3.63) is 0 Å². The minimum Gasteiger partial charge on any atom is -0.342 e. The minimum atomic E-state index is 0.162. The summed E-state index contributed by atoms with van der Waals surface area (Å²) in [5.41, 5.74) is 0. The smallest absolute Gasteiger partial charge is 0.236 e. The molecule has 15 heavy (non-hydrogen) atoms. The predicted molar refractivity (Wildman–Crippen MR) is 63.9 cm³/mol. The summed E-state index contributed by atoms with van der Waals surface area (Å²) in [5.74, 6) is 0.162. The van der Waals surface area contributed by atoms with E-state index in [1.807, 2.05) is 20.9 Å². The number of nitrogens with one attached hydrogen (secondary N) is 1. The SMILES string of the molecule is CC(C)N(C)C(=O)CNCCCN(C)C. The molecule has 0 spiro atoms. The lowest BCUT2D eigenvalue weighted by Crippen LogP contribution is -2.39. The molecule has 0 saturated heterocycles. The summed E-state index contributed by atoms with van der Waals surface area (Å²) in [6.45, 7) is 6.44. The molecule has 90 valence electrons. The van der Waals surface area contributed by atoms with Crippen LogP contribution in [0.2, 0.25) is 0 Å². The van der Waals surface area contributed by atoms with Crippen LogP contribution in [0.5, 0.6) is 0 Å². The van der Waals surface area contributed by atoms with Gasteiger partial charge >= 0.3 is 0 Å². The van der Waals surface area contributed by atoms with E-state index in [1.54, 1.807) is 4.90 Å². The van der Waals surface area contributed by atoms with Gasteiger partial charge in [-0.2, -0.15) is 0 Å². The molecule has 0 aliphatic rings. The van der Waals surface area contributed by atoms with Gasteiger partial charge in [-0.15, -0.1) is 0 Å². The van der Waals surface area contributed by atoms with E-state index in [0.29, 0.717) is 6.54 Å². The summed E-state index contributed by atoms with van der Waals surface area (Å²) in [4.78, 5) is 15.4. The first-order chi connectivity index (χ1) is 6.95. The molecule has 1 N–H and O–H groups in total. The molecule has 0 rings (SSSR count). The van der Waals surface area contributed by atoms with Crippen LogP contribution in [-0.4, -0.2) is 62.5 Å². The van der Waals surface area contributed by atoms with Crippen molar-refractivity contribution in [1.82, 2.24) is 15.1 Å². The highest BCUT2D eigenvalue weighted by Crippen LogP contribution is 1.93. The highest BCUT2D eigenvalue weighted by atomic mass is 16.2. The molecule has 0 radical (unpaired) electrons. The minimum absolute atomic E-state index is 0.162. The van der Waals surface area contributed by atoms with Crippen molar-refractivity contribution in [3.8, 4) is 0 Å². The van der Waals surface area contributed by atoms with Gasteiger partial charge < -0.3 is 15.1 Å². The van der Waals surface area contributed by atoms with Crippen molar-refractivity contribution in [3.63, 3.8) is 0 Å². The number of carbonyl (C=O) groups is 1. The third-order valence-corrected chi connectivity index (χ3v) is 2.40. The van der Waals surface area contributed by atoms with Gasteiger partial charge in [0.1, 0.15) is 0 Å². The number of hydrogen-bond donors (Lipinski definition) is 1. The van der Waals surface area contributed by atoms with Gasteiger partial charge in [-0.05, 0) is 47.5 Å². The number of likely N-dealkylation sites (N-methyl/N-ethyl adjacent to an activating group) is 1. The fourth-order valence-electron chi connectivity index (χ4n) is 1.13. The second-order valence-corrected chi connectivity index (χ2v) is 4.43. The van der Waals surface area contributed by atoms with Crippen molar-refractivity contribution in [2.75, 3.05) is 40.8 Å². The topological polar surface area (TPSA) is 35.6 Å². The fraction of sp³-hybridized carbons (Fsp3) is 0.909. The van der Waals surface area contributed by atoms with E-state index < -0.39 is 0 Å². The summed E-state index contributed by atoms with van der Waals surface area (Å²) in [6, 6.07) is 0.279. The third-order valence-electron chi connectivity index (χ3n) is 2.40. The van der Waals surface area contributed by atoms with E-state index in [-0.39, 0.29) is 11.9 Å². The molecule has 0 fully saturated rings. The van der Waals surface area contributed by atoms with Crippen LogP contribution in [-0.2, 0) is 4.79 Å². The van der Waals surface area contributed by atoms with E-state index in [1.165, 1.54) is 0 Å². The first-order valence-electron chi connectivity index (χ1n) is 5.56. The van der Waals surface area contributed by atoms with Crippen LogP contribution in [0.3, 0.4) is 0 Å². The predicted octanol–water partition coefficient (Wildman–Crippen LogP) is 0.395. The summed E-state index contributed by atoms with van der Waals surface area (Å²) in [7, 11) is 5.95. The molecule has 0 heterocycles. The monoisotopic (exact) mass is 215 g/mol. The summed E-state index contributed by atoms with van der Waals surface area (Å²) >= 11 is 0. The lowest BCUT2D eigenvalue weighted by molar-refractivity contribution is -0.130. The maximum atomic E-state index is 11.5. The van der Waals surface area contributed by atoms with Gasteiger partial charge in [-0.3, -0.25) is 4.79 Å². The first-order valence-corrected chi connectivity index (χ1v) is 5.56. The van der Waals surface area contributed by atoms with Gasteiger partial charge in [0.15, 0.2) is 0 Å². The van der Waals surface area contributed by atoms with Crippen LogP contribution in [0.25, 0.3) is 0 Å². The quantitative estimate of drug-likeness (QED) is 0.624. The van der Waals surface area contributed by atoms with E-state index in [2.05, 4.69) is 24.3 Å². The van der Waals surface area contributed by atoms with Crippen LogP contribution >= 0.6 is 0 Å². The summed E-state index contributed by atoms with van der Waals surface area (Å²) < 4.78 is 0. The highest BCUT2D eigenvalue weighted by molar-refractivity contribution is 5.78. The zero-order chi connectivity index (χ0) is 11.8. The lowest BCUT2D eigenvalue weighted by Gasteiger charge is -2.21. The summed E-state index contributed by atoms with van der Waals surface area (Å²) in [6.07, 6.45) is 1.08. The molecule has 0 aliphatic carbocycles. The maximum absolute atomic E-state index is 11.5. The van der Waals surface area contributed by atoms with E-state index in [0.717, 1.165) is 19.5 Å². The average molecular weight is 215 g/mol. The second kappa shape index (κ2) is 7.65. The molecule has 0 atom stereocenters. The average Bonchev–Trinajstić information content (AvgIpc) is 2.15. The normalized spacial score (nSPS) is 11.1. The molecule has 0 aromatic heterocycles. The Hall–Kier alpha value is -0.610. The molecular weight excluding hydrogens is 190 g/mol. The van der Waals surface area contributed by atoms with Crippen LogP contribution in [0.1, 0.15) is 20.3 Å². The van der Waals surface area contributed by atoms with Crippen molar-refractivity contribution < 1.29 is 4.79 Å². The van der Waals surface area contributed by atoms with Gasteiger partial charge in [-0.25, -0.2) is 0 Å². The van der Waals surface area contributed by atoms with Crippen molar-refractivity contribution in [2.24, 2.45) is 0 Å². The Labute approximate surface area is 93.6 Å². The van der Waals surface area contributed by atoms with Crippen molar-refractivity contribution in [1.29, 1.82) is 0 Å². The van der Waals surface area contributed by atoms with E-state index in [4.69, 9.17) is 0 Å². The molecule has 0 aromatic carbocycles. The molecular formula is C11H25N3O. The Bertz CT molecular complexity index is 181. The van der Waals surface area contributed by atoms with Crippen molar-refractivity contribution in [2.45, 2.75) is 26.3 Å². The lowest BCUT2D eigenvalue weighted by atomic mass is 10.3. The molecule has 4 nitrogen and oxygen atoms in total. The molecule has 0 aromatic rings. The van der Waals surface area contributed by atoms with Crippen LogP contribution in [0, 0.1) is 0 Å². The van der Waals surface area contributed by atoms with Gasteiger partial charge in [0.05, 0.1) is 6.54 Å². The van der Waals surface area contributed by atoms with E-state index >= 15 is 0 Å². The Morgan fingerprint density at radius 3 is 2.33 bits per heavy atom. The molecule has 0 bridgehead atoms. The highest BCUT2D eigenvalue weighted by Gasteiger charge is 2.10. The first kappa shape index (κ1) is 14.4.